The first-order valence-corrected chi connectivity index (χ1v) is 3.11. The number of nitrogens with one attached hydrogen (secondary N) is 1. The Bertz CT molecular complexity index is 255. The van der Waals surface area contributed by atoms with Gasteiger partial charge >= 0.3 is 0 Å². The minimum absolute atomic E-state index is 0. The van der Waals surface area contributed by atoms with Crippen LogP contribution < -0.4 is 11.3 Å². The molecule has 0 radical (unpaired) electrons. The second-order valence-electron chi connectivity index (χ2n) is 2.12. The maximum atomic E-state index is 12.7. The zero-order valence-corrected chi connectivity index (χ0v) is 7.00. The molecule has 0 heterocycles. The van der Waals surface area contributed by atoms with Gasteiger partial charge in [0.1, 0.15) is 11.6 Å². The molecule has 68 valence electrons. The maximum absolute atomic E-state index is 12.7. The highest BCUT2D eigenvalue weighted by Crippen LogP contribution is 2.08. The zero-order valence-electron chi connectivity index (χ0n) is 6.18. The van der Waals surface area contributed by atoms with Gasteiger partial charge in [-0.3, -0.25) is 11.3 Å². The molecule has 0 atom stereocenters. The van der Waals surface area contributed by atoms with E-state index in [1.807, 2.05) is 0 Å². The summed E-state index contributed by atoms with van der Waals surface area (Å²) in [6.45, 7) is 0.129. The van der Waals surface area contributed by atoms with Gasteiger partial charge in [0.15, 0.2) is 0 Å². The van der Waals surface area contributed by atoms with E-state index in [2.05, 4.69) is 5.43 Å². The van der Waals surface area contributed by atoms with Gasteiger partial charge in [0.25, 0.3) is 0 Å². The Morgan fingerprint density at radius 1 is 1.33 bits per heavy atom. The van der Waals surface area contributed by atoms with E-state index in [9.17, 15) is 8.78 Å². The Morgan fingerprint density at radius 2 is 2.00 bits per heavy atom. The van der Waals surface area contributed by atoms with E-state index in [-0.39, 0.29) is 24.5 Å². The molecular weight excluding hydrogens is 186 g/mol. The van der Waals surface area contributed by atoms with Gasteiger partial charge in [-0.1, -0.05) is 0 Å². The van der Waals surface area contributed by atoms with Gasteiger partial charge in [0.05, 0.1) is 0 Å². The van der Waals surface area contributed by atoms with E-state index in [1.54, 1.807) is 0 Å². The minimum atomic E-state index is -0.461. The van der Waals surface area contributed by atoms with Gasteiger partial charge in [0.2, 0.25) is 0 Å². The fraction of sp³-hybridized carbons (Fsp3) is 0.143. The van der Waals surface area contributed by atoms with Crippen molar-refractivity contribution in [1.82, 2.24) is 5.43 Å². The summed E-state index contributed by atoms with van der Waals surface area (Å²) in [6.07, 6.45) is 0. The first-order chi connectivity index (χ1) is 5.24. The van der Waals surface area contributed by atoms with Crippen LogP contribution in [0.2, 0.25) is 0 Å². The van der Waals surface area contributed by atoms with Gasteiger partial charge in [-0.25, -0.2) is 8.78 Å². The predicted molar refractivity (Wildman–Crippen MR) is 44.6 cm³/mol. The van der Waals surface area contributed by atoms with Crippen LogP contribution in [-0.4, -0.2) is 0 Å². The lowest BCUT2D eigenvalue weighted by Gasteiger charge is -2.00. The summed E-state index contributed by atoms with van der Waals surface area (Å²) in [7, 11) is 0. The third-order valence-electron chi connectivity index (χ3n) is 1.30. The summed E-state index contributed by atoms with van der Waals surface area (Å²) in [5.41, 5.74) is 2.47. The molecule has 12 heavy (non-hydrogen) atoms. The van der Waals surface area contributed by atoms with Crippen molar-refractivity contribution in [3.8, 4) is 0 Å². The number of hydrogen-bond donors (Lipinski definition) is 2. The Labute approximate surface area is 75.1 Å². The van der Waals surface area contributed by atoms with E-state index in [4.69, 9.17) is 5.84 Å². The van der Waals surface area contributed by atoms with Gasteiger partial charge in [-0.05, 0) is 18.2 Å². The standard InChI is InChI=1S/C7H8F2N2.ClH/c8-6-1-2-7(9)5(3-6)4-11-10;/h1-3,11H,4,10H2;1H. The van der Waals surface area contributed by atoms with Crippen molar-refractivity contribution >= 4 is 12.4 Å². The maximum Gasteiger partial charge on any atom is 0.127 e. The molecule has 0 saturated heterocycles. The Hall–Kier alpha value is -0.710. The average Bonchev–Trinajstić information content (AvgIpc) is 1.98. The molecule has 0 amide bonds. The fourth-order valence-corrected chi connectivity index (χ4v) is 0.789. The lowest BCUT2D eigenvalue weighted by molar-refractivity contribution is 0.573. The molecule has 0 unspecified atom stereocenters. The summed E-state index contributed by atoms with van der Waals surface area (Å²) in [5, 5.41) is 0. The molecule has 5 heteroatoms. The van der Waals surface area contributed by atoms with E-state index < -0.39 is 11.6 Å². The molecule has 0 saturated carbocycles. The molecule has 3 N–H and O–H groups in total. The quantitative estimate of drug-likeness (QED) is 0.551. The van der Waals surface area contributed by atoms with Crippen molar-refractivity contribution < 1.29 is 8.78 Å². The Kier molecular flexibility index (Phi) is 4.73. The largest absolute Gasteiger partial charge is 0.271 e. The number of hydrogen-bond acceptors (Lipinski definition) is 2. The van der Waals surface area contributed by atoms with Crippen LogP contribution in [0.3, 0.4) is 0 Å². The van der Waals surface area contributed by atoms with Crippen LogP contribution in [0.1, 0.15) is 5.56 Å². The average molecular weight is 195 g/mol. The van der Waals surface area contributed by atoms with Crippen molar-refractivity contribution in [3.05, 3.63) is 35.4 Å². The number of hydrazine groups is 1. The van der Waals surface area contributed by atoms with Gasteiger partial charge < -0.3 is 0 Å². The van der Waals surface area contributed by atoms with Crippen LogP contribution >= 0.6 is 12.4 Å². The lowest BCUT2D eigenvalue weighted by atomic mass is 10.2. The normalized spacial score (nSPS) is 9.25. The van der Waals surface area contributed by atoms with Crippen molar-refractivity contribution in [2.75, 3.05) is 0 Å². The highest BCUT2D eigenvalue weighted by Gasteiger charge is 2.01. The van der Waals surface area contributed by atoms with Crippen molar-refractivity contribution in [2.45, 2.75) is 6.54 Å². The van der Waals surface area contributed by atoms with Crippen molar-refractivity contribution in [3.63, 3.8) is 0 Å². The molecule has 0 aliphatic carbocycles. The van der Waals surface area contributed by atoms with Crippen molar-refractivity contribution in [1.29, 1.82) is 0 Å². The second kappa shape index (κ2) is 5.03. The highest BCUT2D eigenvalue weighted by atomic mass is 35.5. The first kappa shape index (κ1) is 11.3. The molecule has 1 aromatic carbocycles. The van der Waals surface area contributed by atoms with Crippen LogP contribution in [0, 0.1) is 11.6 Å². The van der Waals surface area contributed by atoms with E-state index in [0.29, 0.717) is 0 Å². The monoisotopic (exact) mass is 194 g/mol. The molecule has 2 nitrogen and oxygen atoms in total. The van der Waals surface area contributed by atoms with Crippen LogP contribution in [0.5, 0.6) is 0 Å². The van der Waals surface area contributed by atoms with E-state index in [1.165, 1.54) is 0 Å². The molecule has 0 bridgehead atoms. The SMILES string of the molecule is Cl.NNCc1cc(F)ccc1F. The van der Waals surface area contributed by atoms with E-state index >= 15 is 0 Å². The number of nitrogens with two attached hydrogens (primary N) is 1. The Balaban J connectivity index is 0.00000121. The zero-order chi connectivity index (χ0) is 8.27. The topological polar surface area (TPSA) is 38.0 Å². The van der Waals surface area contributed by atoms with Crippen LogP contribution in [-0.2, 0) is 6.54 Å². The molecule has 0 fully saturated rings. The number of halogens is 3. The smallest absolute Gasteiger partial charge is 0.127 e. The summed E-state index contributed by atoms with van der Waals surface area (Å²) in [6, 6.07) is 3.24. The Morgan fingerprint density at radius 3 is 2.58 bits per heavy atom. The summed E-state index contributed by atoms with van der Waals surface area (Å²) in [4.78, 5) is 0. The number of benzene rings is 1. The number of rotatable bonds is 2. The molecule has 0 aliphatic rings. The summed E-state index contributed by atoms with van der Waals surface area (Å²) < 4.78 is 25.1. The minimum Gasteiger partial charge on any atom is -0.271 e. The lowest BCUT2D eigenvalue weighted by Crippen LogP contribution is -2.21. The molecule has 0 aliphatic heterocycles. The second-order valence-corrected chi connectivity index (χ2v) is 2.12. The van der Waals surface area contributed by atoms with Crippen molar-refractivity contribution in [2.24, 2.45) is 5.84 Å². The summed E-state index contributed by atoms with van der Waals surface area (Å²) >= 11 is 0. The van der Waals surface area contributed by atoms with E-state index in [0.717, 1.165) is 18.2 Å². The third kappa shape index (κ3) is 2.73. The first-order valence-electron chi connectivity index (χ1n) is 3.11. The predicted octanol–water partition coefficient (Wildman–Crippen LogP) is 1.35. The van der Waals surface area contributed by atoms with Crippen LogP contribution in [0.25, 0.3) is 0 Å². The molecule has 1 rings (SSSR count). The fourth-order valence-electron chi connectivity index (χ4n) is 0.789. The molecule has 1 aromatic rings. The van der Waals surface area contributed by atoms with Crippen LogP contribution in [0.15, 0.2) is 18.2 Å². The third-order valence-corrected chi connectivity index (χ3v) is 1.30. The molecule has 0 aromatic heterocycles. The van der Waals surface area contributed by atoms with Crippen LogP contribution in [0.4, 0.5) is 8.78 Å². The summed E-state index contributed by atoms with van der Waals surface area (Å²) in [5.74, 6) is 4.02. The molecule has 0 spiro atoms. The van der Waals surface area contributed by atoms with Gasteiger partial charge in [-0.2, -0.15) is 0 Å². The van der Waals surface area contributed by atoms with Gasteiger partial charge in [0, 0.05) is 12.1 Å². The molecular formula is C7H9ClF2N2. The highest BCUT2D eigenvalue weighted by molar-refractivity contribution is 5.85. The van der Waals surface area contributed by atoms with Gasteiger partial charge in [-0.15, -0.1) is 12.4 Å².